The van der Waals surface area contributed by atoms with Crippen LogP contribution in [0, 0.1) is 15.9 Å². The number of nitro benzene ring substituents is 1. The summed E-state index contributed by atoms with van der Waals surface area (Å²) in [5, 5.41) is 11.2. The van der Waals surface area contributed by atoms with E-state index >= 15 is 0 Å². The molecule has 2 aliphatic rings. The minimum Gasteiger partial charge on any atom is -0.363 e. The average molecular weight is 336 g/mol. The molecule has 1 aromatic carbocycles. The van der Waals surface area contributed by atoms with Crippen LogP contribution in [0.1, 0.15) is 19.3 Å². The van der Waals surface area contributed by atoms with Gasteiger partial charge in [0.25, 0.3) is 0 Å². The Labute approximate surface area is 142 Å². The number of hydrogen-bond acceptors (Lipinski definition) is 5. The predicted molar refractivity (Wildman–Crippen MR) is 92.0 cm³/mol. The fourth-order valence-corrected chi connectivity index (χ4v) is 3.78. The van der Waals surface area contributed by atoms with Crippen molar-refractivity contribution in [1.29, 1.82) is 0 Å². The summed E-state index contributed by atoms with van der Waals surface area (Å²) in [6.45, 7) is 5.33. The smallest absolute Gasteiger partial charge is 0.327 e. The number of para-hydroxylation sites is 1. The highest BCUT2D eigenvalue weighted by atomic mass is 19.1. The second-order valence-electron chi connectivity index (χ2n) is 6.78. The number of nitrogens with zero attached hydrogens (tertiary/aromatic N) is 4. The zero-order chi connectivity index (χ0) is 17.1. The summed E-state index contributed by atoms with van der Waals surface area (Å²) in [5.41, 5.74) is -0.00704. The Kier molecular flexibility index (Phi) is 5.30. The lowest BCUT2D eigenvalue weighted by molar-refractivity contribution is -0.386. The lowest BCUT2D eigenvalue weighted by Crippen LogP contribution is -2.52. The monoisotopic (exact) mass is 336 g/mol. The van der Waals surface area contributed by atoms with E-state index in [1.807, 2.05) is 4.90 Å². The van der Waals surface area contributed by atoms with Gasteiger partial charge in [-0.05, 0) is 38.6 Å². The molecule has 3 rings (SSSR count). The van der Waals surface area contributed by atoms with Crippen molar-refractivity contribution in [1.82, 2.24) is 9.80 Å². The van der Waals surface area contributed by atoms with Gasteiger partial charge in [-0.2, -0.15) is 4.39 Å². The number of anilines is 1. The molecule has 0 aromatic heterocycles. The molecule has 7 heteroatoms. The van der Waals surface area contributed by atoms with Crippen molar-refractivity contribution in [2.75, 3.05) is 51.2 Å². The molecule has 132 valence electrons. The molecule has 0 N–H and O–H groups in total. The zero-order valence-corrected chi connectivity index (χ0v) is 14.2. The van der Waals surface area contributed by atoms with Crippen molar-refractivity contribution in [2.24, 2.45) is 0 Å². The topological polar surface area (TPSA) is 52.9 Å². The molecule has 2 heterocycles. The van der Waals surface area contributed by atoms with Crippen LogP contribution in [0.2, 0.25) is 0 Å². The first-order chi connectivity index (χ1) is 11.6. The first kappa shape index (κ1) is 17.1. The minimum atomic E-state index is -0.760. The van der Waals surface area contributed by atoms with E-state index in [9.17, 15) is 14.5 Å². The summed E-state index contributed by atoms with van der Waals surface area (Å²) in [6.07, 6.45) is 3.82. The highest BCUT2D eigenvalue weighted by Gasteiger charge is 2.28. The van der Waals surface area contributed by atoms with Crippen LogP contribution in [0.25, 0.3) is 0 Å². The SMILES string of the molecule is CN1CCCC[C@@H]1CN1CCN(c2cccc(F)c2[N+](=O)[O-])CC1. The van der Waals surface area contributed by atoms with Gasteiger partial charge in [0.2, 0.25) is 5.82 Å². The third-order valence-corrected chi connectivity index (χ3v) is 5.25. The third-order valence-electron chi connectivity index (χ3n) is 5.25. The first-order valence-electron chi connectivity index (χ1n) is 8.66. The van der Waals surface area contributed by atoms with Gasteiger partial charge in [-0.15, -0.1) is 0 Å². The largest absolute Gasteiger partial charge is 0.363 e. The molecule has 6 nitrogen and oxygen atoms in total. The van der Waals surface area contributed by atoms with Gasteiger partial charge in [-0.3, -0.25) is 15.0 Å². The van der Waals surface area contributed by atoms with Crippen LogP contribution < -0.4 is 4.90 Å². The second kappa shape index (κ2) is 7.44. The number of piperidine rings is 1. The Hall–Kier alpha value is -1.73. The van der Waals surface area contributed by atoms with Crippen molar-refractivity contribution in [3.63, 3.8) is 0 Å². The Balaban J connectivity index is 1.61. The van der Waals surface area contributed by atoms with Crippen molar-refractivity contribution in [2.45, 2.75) is 25.3 Å². The maximum absolute atomic E-state index is 13.8. The highest BCUT2D eigenvalue weighted by Crippen LogP contribution is 2.31. The van der Waals surface area contributed by atoms with Gasteiger partial charge < -0.3 is 9.80 Å². The van der Waals surface area contributed by atoms with Gasteiger partial charge in [0.15, 0.2) is 0 Å². The minimum absolute atomic E-state index is 0.398. The molecule has 2 saturated heterocycles. The standard InChI is InChI=1S/C17H25FN4O2/c1-19-8-3-2-5-14(19)13-20-9-11-21(12-10-20)16-7-4-6-15(18)17(16)22(23)24/h4,6-7,14H,2-3,5,8-13H2,1H3/t14-/m1/s1. The Morgan fingerprint density at radius 3 is 2.62 bits per heavy atom. The Morgan fingerprint density at radius 1 is 1.21 bits per heavy atom. The van der Waals surface area contributed by atoms with Gasteiger partial charge in [-0.1, -0.05) is 12.5 Å². The molecule has 2 fully saturated rings. The first-order valence-corrected chi connectivity index (χ1v) is 8.66. The summed E-state index contributed by atoms with van der Waals surface area (Å²) in [7, 11) is 2.19. The molecule has 0 radical (unpaired) electrons. The molecule has 0 unspecified atom stereocenters. The molecule has 0 bridgehead atoms. The van der Waals surface area contributed by atoms with Gasteiger partial charge in [0.1, 0.15) is 5.69 Å². The highest BCUT2D eigenvalue weighted by molar-refractivity contribution is 5.64. The molecule has 1 atom stereocenters. The molecule has 0 amide bonds. The number of rotatable bonds is 4. The zero-order valence-electron chi connectivity index (χ0n) is 14.2. The molecule has 1 aromatic rings. The van der Waals surface area contributed by atoms with Gasteiger partial charge in [-0.25, -0.2) is 0 Å². The summed E-state index contributed by atoms with van der Waals surface area (Å²) in [6, 6.07) is 4.94. The van der Waals surface area contributed by atoms with Gasteiger partial charge in [0.05, 0.1) is 4.92 Å². The Morgan fingerprint density at radius 2 is 1.96 bits per heavy atom. The van der Waals surface area contributed by atoms with Crippen molar-refractivity contribution in [3.05, 3.63) is 34.1 Å². The van der Waals surface area contributed by atoms with Crippen LogP contribution in [0.5, 0.6) is 0 Å². The van der Waals surface area contributed by atoms with E-state index in [2.05, 4.69) is 16.8 Å². The van der Waals surface area contributed by atoms with Crippen LogP contribution in [0.4, 0.5) is 15.8 Å². The Bertz CT molecular complexity index is 590. The maximum atomic E-state index is 13.8. The number of benzene rings is 1. The molecular formula is C17H25FN4O2. The summed E-state index contributed by atoms with van der Waals surface area (Å²) < 4.78 is 13.8. The van der Waals surface area contributed by atoms with Crippen LogP contribution in [-0.4, -0.2) is 67.1 Å². The number of halogens is 1. The van der Waals surface area contributed by atoms with Crippen molar-refractivity contribution in [3.8, 4) is 0 Å². The predicted octanol–water partition coefficient (Wildman–Crippen LogP) is 2.34. The third kappa shape index (κ3) is 3.67. The van der Waals surface area contributed by atoms with Crippen molar-refractivity contribution < 1.29 is 9.31 Å². The number of likely N-dealkylation sites (tertiary alicyclic amines) is 1. The van der Waals surface area contributed by atoms with E-state index in [4.69, 9.17) is 0 Å². The van der Waals surface area contributed by atoms with E-state index in [0.29, 0.717) is 24.8 Å². The van der Waals surface area contributed by atoms with Crippen LogP contribution in [0.3, 0.4) is 0 Å². The lowest BCUT2D eigenvalue weighted by Gasteiger charge is -2.40. The molecule has 2 aliphatic heterocycles. The summed E-state index contributed by atoms with van der Waals surface area (Å²) in [4.78, 5) is 17.3. The normalized spacial score (nSPS) is 23.4. The number of nitro groups is 1. The maximum Gasteiger partial charge on any atom is 0.327 e. The van der Waals surface area contributed by atoms with Crippen LogP contribution in [0.15, 0.2) is 18.2 Å². The van der Waals surface area contributed by atoms with E-state index < -0.39 is 16.4 Å². The van der Waals surface area contributed by atoms with E-state index in [1.165, 1.54) is 25.8 Å². The summed E-state index contributed by atoms with van der Waals surface area (Å²) in [5.74, 6) is -0.760. The molecule has 0 spiro atoms. The molecule has 0 saturated carbocycles. The van der Waals surface area contributed by atoms with E-state index in [0.717, 1.165) is 25.7 Å². The summed E-state index contributed by atoms with van der Waals surface area (Å²) >= 11 is 0. The fourth-order valence-electron chi connectivity index (χ4n) is 3.78. The lowest BCUT2D eigenvalue weighted by atomic mass is 10.0. The van der Waals surface area contributed by atoms with Gasteiger partial charge in [0, 0.05) is 38.8 Å². The average Bonchev–Trinajstić information content (AvgIpc) is 2.57. The molecule has 24 heavy (non-hydrogen) atoms. The second-order valence-corrected chi connectivity index (χ2v) is 6.78. The quantitative estimate of drug-likeness (QED) is 0.624. The van der Waals surface area contributed by atoms with Gasteiger partial charge >= 0.3 is 5.69 Å². The molecular weight excluding hydrogens is 311 g/mol. The van der Waals surface area contributed by atoms with E-state index in [-0.39, 0.29) is 0 Å². The van der Waals surface area contributed by atoms with Crippen LogP contribution >= 0.6 is 0 Å². The number of likely N-dealkylation sites (N-methyl/N-ethyl adjacent to an activating group) is 1. The number of hydrogen-bond donors (Lipinski definition) is 0. The van der Waals surface area contributed by atoms with Crippen LogP contribution in [-0.2, 0) is 0 Å². The fraction of sp³-hybridized carbons (Fsp3) is 0.647. The van der Waals surface area contributed by atoms with E-state index in [1.54, 1.807) is 12.1 Å². The molecule has 0 aliphatic carbocycles. The van der Waals surface area contributed by atoms with Crippen molar-refractivity contribution >= 4 is 11.4 Å². The number of piperazine rings is 1.